The summed E-state index contributed by atoms with van der Waals surface area (Å²) in [6.45, 7) is 32.6. The Bertz CT molecular complexity index is 764. The van der Waals surface area contributed by atoms with Crippen LogP contribution in [0.2, 0.25) is 98.2 Å². The van der Waals surface area contributed by atoms with Gasteiger partial charge in [0.05, 0.1) is 0 Å². The van der Waals surface area contributed by atoms with Crippen LogP contribution in [0.5, 0.6) is 0 Å². The van der Waals surface area contributed by atoms with Crippen LogP contribution in [-0.4, -0.2) is 47.6 Å². The molecule has 1 aromatic carbocycles. The minimum absolute atomic E-state index is 0.499. The largest absolute Gasteiger partial charge is 0.520 e. The van der Waals surface area contributed by atoms with Crippen LogP contribution in [0.25, 0.3) is 5.57 Å². The summed E-state index contributed by atoms with van der Waals surface area (Å²) in [4.78, 5) is 0. The summed E-state index contributed by atoms with van der Waals surface area (Å²) >= 11 is 0. The molecule has 1 rings (SSSR count). The topological polar surface area (TPSA) is 46.2 Å². The highest BCUT2D eigenvalue weighted by Gasteiger charge is 2.51. The van der Waals surface area contributed by atoms with Gasteiger partial charge in [0.15, 0.2) is 25.0 Å². The van der Waals surface area contributed by atoms with Crippen LogP contribution in [-0.2, 0) is 22.1 Å². The lowest BCUT2D eigenvalue weighted by Crippen LogP contribution is -2.57. The first-order valence-corrected chi connectivity index (χ1v) is 29.2. The summed E-state index contributed by atoms with van der Waals surface area (Å²) in [6, 6.07) is 10.2. The van der Waals surface area contributed by atoms with E-state index in [1.807, 2.05) is 18.2 Å². The Hall–Kier alpha value is -0.476. The maximum atomic E-state index is 6.98. The molecule has 0 spiro atoms. The van der Waals surface area contributed by atoms with E-state index in [1.54, 1.807) is 0 Å². The molecule has 0 N–H and O–H groups in total. The van der Waals surface area contributed by atoms with Gasteiger partial charge in [0.25, 0.3) is 11.9 Å². The third-order valence-electron chi connectivity index (χ3n) is 3.69. The van der Waals surface area contributed by atoms with E-state index >= 15 is 0 Å². The minimum Gasteiger partial charge on any atom is -0.520 e. The van der Waals surface area contributed by atoms with Crippen LogP contribution in [0.15, 0.2) is 36.3 Å². The smallest absolute Gasteiger partial charge is 0.291 e. The van der Waals surface area contributed by atoms with Crippen molar-refractivity contribution in [2.45, 2.75) is 104 Å². The second-order valence-corrected chi connectivity index (χ2v) is 35.8. The summed E-state index contributed by atoms with van der Waals surface area (Å²) in [5.41, 5.74) is 1.66. The van der Waals surface area contributed by atoms with Crippen LogP contribution in [0.4, 0.5) is 0 Å². The van der Waals surface area contributed by atoms with Gasteiger partial charge in [-0.25, -0.2) is 0 Å². The first-order valence-electron chi connectivity index (χ1n) is 12.2. The quantitative estimate of drug-likeness (QED) is 0.147. The minimum atomic E-state index is -2.18. The van der Waals surface area contributed by atoms with E-state index < -0.39 is 47.6 Å². The monoisotopic (exact) mass is 558 g/mol. The van der Waals surface area contributed by atoms with Gasteiger partial charge in [0.1, 0.15) is 5.57 Å². The first kappa shape index (κ1) is 31.6. The highest BCUT2D eigenvalue weighted by Crippen LogP contribution is 2.43. The lowest BCUT2D eigenvalue weighted by Gasteiger charge is -2.47. The standard InChI is InChI=1S/C24H50O5Si5/c1-30(2,3)25-23(26-31(4,5)6)22(21-19-17-16-18-20-21)24(27-32(7,8)9,28-33(10,11)12)29-34(13,14)15/h16-20H,1-15H3. The second-order valence-electron chi connectivity index (χ2n) is 13.7. The third-order valence-corrected chi connectivity index (χ3v) is 7.93. The molecular weight excluding hydrogens is 509 g/mol. The fourth-order valence-electron chi connectivity index (χ4n) is 3.13. The van der Waals surface area contributed by atoms with Crippen molar-refractivity contribution >= 4 is 47.2 Å². The molecule has 0 saturated heterocycles. The molecular formula is C24H50O5Si5. The first-order chi connectivity index (χ1) is 14.9. The van der Waals surface area contributed by atoms with Gasteiger partial charge in [0.2, 0.25) is 16.6 Å². The van der Waals surface area contributed by atoms with Crippen molar-refractivity contribution in [3.63, 3.8) is 0 Å². The Balaban J connectivity index is 4.23. The van der Waals surface area contributed by atoms with Crippen molar-refractivity contribution < 1.29 is 22.1 Å². The summed E-state index contributed by atoms with van der Waals surface area (Å²) in [7, 11) is -10.7. The molecule has 0 aliphatic rings. The van der Waals surface area contributed by atoms with Gasteiger partial charge in [-0.2, -0.15) is 0 Å². The molecule has 0 unspecified atom stereocenters. The summed E-state index contributed by atoms with van der Waals surface area (Å²) in [6.07, 6.45) is 0. The van der Waals surface area contributed by atoms with Crippen molar-refractivity contribution in [1.29, 1.82) is 0 Å². The SMILES string of the molecule is C[Si](C)(C)OC(O[Si](C)(C)C)=C(c1ccccc1)C(O[Si](C)(C)C)(O[Si](C)(C)C)O[Si](C)(C)C. The fourth-order valence-corrected chi connectivity index (χ4v) is 7.84. The Morgan fingerprint density at radius 3 is 1.09 bits per heavy atom. The Morgan fingerprint density at radius 1 is 0.500 bits per heavy atom. The van der Waals surface area contributed by atoms with E-state index in [9.17, 15) is 0 Å². The fraction of sp³-hybridized carbons (Fsp3) is 0.667. The molecule has 34 heavy (non-hydrogen) atoms. The maximum Gasteiger partial charge on any atom is 0.291 e. The van der Waals surface area contributed by atoms with E-state index in [1.165, 1.54) is 0 Å². The predicted octanol–water partition coefficient (Wildman–Crippen LogP) is 8.27. The normalized spacial score (nSPS) is 14.1. The highest BCUT2D eigenvalue weighted by atomic mass is 28.4. The van der Waals surface area contributed by atoms with Crippen LogP contribution in [0.1, 0.15) is 5.56 Å². The second kappa shape index (κ2) is 10.9. The summed E-state index contributed by atoms with van der Waals surface area (Å²) in [5, 5.41) is 0. The molecule has 10 heteroatoms. The molecule has 0 aliphatic heterocycles. The van der Waals surface area contributed by atoms with Crippen LogP contribution >= 0.6 is 0 Å². The van der Waals surface area contributed by atoms with Gasteiger partial charge in [-0.1, -0.05) is 30.3 Å². The Labute approximate surface area is 214 Å². The summed E-state index contributed by atoms with van der Waals surface area (Å²) in [5.74, 6) is -0.908. The molecule has 196 valence electrons. The molecule has 5 nitrogen and oxygen atoms in total. The van der Waals surface area contributed by atoms with Crippen molar-refractivity contribution in [2.75, 3.05) is 0 Å². The van der Waals surface area contributed by atoms with Crippen LogP contribution in [0, 0.1) is 0 Å². The zero-order valence-electron chi connectivity index (χ0n) is 24.4. The number of rotatable bonds is 12. The Kier molecular flexibility index (Phi) is 10.1. The van der Waals surface area contributed by atoms with Crippen molar-refractivity contribution in [1.82, 2.24) is 0 Å². The zero-order chi connectivity index (χ0) is 26.8. The van der Waals surface area contributed by atoms with E-state index in [2.05, 4.69) is 110 Å². The van der Waals surface area contributed by atoms with Gasteiger partial charge in [0, 0.05) is 0 Å². The van der Waals surface area contributed by atoms with Crippen molar-refractivity contribution in [2.24, 2.45) is 0 Å². The molecule has 1 aromatic rings. The molecule has 0 fully saturated rings. The van der Waals surface area contributed by atoms with Crippen LogP contribution in [0.3, 0.4) is 0 Å². The molecule has 0 amide bonds. The van der Waals surface area contributed by atoms with Crippen molar-refractivity contribution in [3.8, 4) is 0 Å². The summed E-state index contributed by atoms with van der Waals surface area (Å²) < 4.78 is 34.4. The maximum absolute atomic E-state index is 6.98. The molecule has 0 aliphatic carbocycles. The van der Waals surface area contributed by atoms with Gasteiger partial charge in [-0.05, 0) is 104 Å². The zero-order valence-corrected chi connectivity index (χ0v) is 29.4. The van der Waals surface area contributed by atoms with Crippen molar-refractivity contribution in [3.05, 3.63) is 41.8 Å². The number of hydrogen-bond donors (Lipinski definition) is 0. The molecule has 0 atom stereocenters. The Morgan fingerprint density at radius 2 is 0.824 bits per heavy atom. The lowest BCUT2D eigenvalue weighted by atomic mass is 10.1. The van der Waals surface area contributed by atoms with E-state index in [4.69, 9.17) is 22.1 Å². The highest BCUT2D eigenvalue weighted by molar-refractivity contribution is 6.73. The predicted molar refractivity (Wildman–Crippen MR) is 158 cm³/mol. The van der Waals surface area contributed by atoms with Gasteiger partial charge in [-0.3, -0.25) is 0 Å². The van der Waals surface area contributed by atoms with Gasteiger partial charge >= 0.3 is 0 Å². The molecule has 0 radical (unpaired) electrons. The van der Waals surface area contributed by atoms with E-state index in [0.717, 1.165) is 11.1 Å². The lowest BCUT2D eigenvalue weighted by molar-refractivity contribution is -0.224. The van der Waals surface area contributed by atoms with Gasteiger partial charge < -0.3 is 22.1 Å². The third kappa shape index (κ3) is 12.0. The van der Waals surface area contributed by atoms with E-state index in [-0.39, 0.29) is 0 Å². The van der Waals surface area contributed by atoms with E-state index in [0.29, 0.717) is 5.95 Å². The number of hydrogen-bond acceptors (Lipinski definition) is 5. The van der Waals surface area contributed by atoms with Gasteiger partial charge in [-0.15, -0.1) is 0 Å². The van der Waals surface area contributed by atoms with Crippen LogP contribution < -0.4 is 0 Å². The molecule has 0 bridgehead atoms. The average Bonchev–Trinajstić information content (AvgIpc) is 2.46. The molecule has 0 heterocycles. The average molecular weight is 559 g/mol. The number of benzene rings is 1. The molecule has 0 aromatic heterocycles. The molecule has 0 saturated carbocycles.